The van der Waals surface area contributed by atoms with Crippen molar-refractivity contribution in [1.82, 2.24) is 4.90 Å². The highest BCUT2D eigenvalue weighted by Crippen LogP contribution is 2.47. The molecule has 2 aliphatic heterocycles. The van der Waals surface area contributed by atoms with Gasteiger partial charge in [-0.15, -0.1) is 0 Å². The van der Waals surface area contributed by atoms with E-state index in [0.717, 1.165) is 13.0 Å². The molecule has 1 saturated carbocycles. The van der Waals surface area contributed by atoms with E-state index in [1.54, 1.807) is 0 Å². The molecule has 3 rings (SSSR count). The molecule has 0 aromatic heterocycles. The van der Waals surface area contributed by atoms with Crippen molar-refractivity contribution in [3.8, 4) is 0 Å². The summed E-state index contributed by atoms with van der Waals surface area (Å²) in [5.74, 6) is 0.440. The lowest BCUT2D eigenvalue weighted by Crippen LogP contribution is -2.63. The highest BCUT2D eigenvalue weighted by atomic mass is 16.6. The zero-order chi connectivity index (χ0) is 11.3. The Morgan fingerprint density at radius 3 is 2.69 bits per heavy atom. The number of ether oxygens (including phenoxy) is 1. The molecule has 5 unspecified atom stereocenters. The van der Waals surface area contributed by atoms with Crippen molar-refractivity contribution < 1.29 is 9.84 Å². The summed E-state index contributed by atoms with van der Waals surface area (Å²) in [6.45, 7) is 3.01. The molecule has 0 spiro atoms. The van der Waals surface area contributed by atoms with Crippen LogP contribution in [-0.2, 0) is 4.74 Å². The number of hydrogen-bond acceptors (Lipinski definition) is 3. The Labute approximate surface area is 97.8 Å². The zero-order valence-corrected chi connectivity index (χ0v) is 10.4. The molecule has 0 aromatic carbocycles. The number of hydrogen-bond donors (Lipinski definition) is 1. The van der Waals surface area contributed by atoms with Crippen LogP contribution in [0.15, 0.2) is 0 Å². The van der Waals surface area contributed by atoms with E-state index in [4.69, 9.17) is 4.74 Å². The molecule has 16 heavy (non-hydrogen) atoms. The SMILES string of the molecule is CC1CC(O)(C2CO2)C2CCCCC2N1C. The first-order valence-corrected chi connectivity index (χ1v) is 6.69. The Bertz CT molecular complexity index is 279. The van der Waals surface area contributed by atoms with Crippen molar-refractivity contribution in [3.63, 3.8) is 0 Å². The lowest BCUT2D eigenvalue weighted by Gasteiger charge is -2.53. The fraction of sp³-hybridized carbons (Fsp3) is 1.00. The lowest BCUT2D eigenvalue weighted by molar-refractivity contribution is -0.138. The maximum absolute atomic E-state index is 10.9. The van der Waals surface area contributed by atoms with E-state index in [1.807, 2.05) is 0 Å². The van der Waals surface area contributed by atoms with Gasteiger partial charge in [-0.2, -0.15) is 0 Å². The third kappa shape index (κ3) is 1.52. The van der Waals surface area contributed by atoms with Gasteiger partial charge in [-0.1, -0.05) is 12.8 Å². The van der Waals surface area contributed by atoms with Gasteiger partial charge in [0.05, 0.1) is 12.2 Å². The van der Waals surface area contributed by atoms with E-state index in [9.17, 15) is 5.11 Å². The number of rotatable bonds is 1. The summed E-state index contributed by atoms with van der Waals surface area (Å²) in [6.07, 6.45) is 6.04. The maximum atomic E-state index is 10.9. The maximum Gasteiger partial charge on any atom is 0.110 e. The minimum atomic E-state index is -0.531. The molecule has 1 N–H and O–H groups in total. The molecule has 0 amide bonds. The fourth-order valence-electron chi connectivity index (χ4n) is 3.98. The van der Waals surface area contributed by atoms with Crippen molar-refractivity contribution in [2.75, 3.05) is 13.7 Å². The van der Waals surface area contributed by atoms with Crippen LogP contribution in [0, 0.1) is 5.92 Å². The second-order valence-electron chi connectivity index (χ2n) is 5.99. The Morgan fingerprint density at radius 1 is 1.31 bits per heavy atom. The van der Waals surface area contributed by atoms with Crippen LogP contribution in [0.2, 0.25) is 0 Å². The zero-order valence-electron chi connectivity index (χ0n) is 10.4. The minimum Gasteiger partial charge on any atom is -0.387 e. The average Bonchev–Trinajstić information content (AvgIpc) is 3.10. The number of piperidine rings is 1. The molecule has 3 aliphatic rings. The van der Waals surface area contributed by atoms with Crippen LogP contribution in [0.3, 0.4) is 0 Å². The second-order valence-corrected chi connectivity index (χ2v) is 5.99. The van der Waals surface area contributed by atoms with E-state index in [2.05, 4.69) is 18.9 Å². The molecule has 0 radical (unpaired) electrons. The normalized spacial score (nSPS) is 53.4. The molecular weight excluding hydrogens is 202 g/mol. The Hall–Kier alpha value is -0.120. The predicted octanol–water partition coefficient (Wildman–Crippen LogP) is 1.40. The van der Waals surface area contributed by atoms with Gasteiger partial charge in [0.1, 0.15) is 6.10 Å². The van der Waals surface area contributed by atoms with Gasteiger partial charge in [0, 0.05) is 18.0 Å². The highest BCUT2D eigenvalue weighted by molar-refractivity contribution is 5.09. The van der Waals surface area contributed by atoms with E-state index in [-0.39, 0.29) is 6.10 Å². The minimum absolute atomic E-state index is 0.134. The molecule has 92 valence electrons. The lowest BCUT2D eigenvalue weighted by atomic mass is 9.66. The summed E-state index contributed by atoms with van der Waals surface area (Å²) in [5.41, 5.74) is -0.531. The standard InChI is InChI=1S/C13H23NO2/c1-9-7-13(15,12-8-16-12)10-5-3-4-6-11(10)14(9)2/h9-12,15H,3-8H2,1-2H3. The van der Waals surface area contributed by atoms with Crippen LogP contribution in [0.25, 0.3) is 0 Å². The van der Waals surface area contributed by atoms with Gasteiger partial charge >= 0.3 is 0 Å². The molecule has 5 atom stereocenters. The van der Waals surface area contributed by atoms with Gasteiger partial charge in [-0.05, 0) is 33.2 Å². The average molecular weight is 225 g/mol. The molecule has 3 heteroatoms. The third-order valence-electron chi connectivity index (χ3n) is 5.10. The molecule has 1 aliphatic carbocycles. The molecule has 3 fully saturated rings. The number of likely N-dealkylation sites (tertiary alicyclic amines) is 1. The Balaban J connectivity index is 1.88. The van der Waals surface area contributed by atoms with Gasteiger partial charge in [0.25, 0.3) is 0 Å². The molecule has 3 nitrogen and oxygen atoms in total. The summed E-state index contributed by atoms with van der Waals surface area (Å²) in [7, 11) is 2.22. The second kappa shape index (κ2) is 3.69. The van der Waals surface area contributed by atoms with Gasteiger partial charge in [-0.3, -0.25) is 0 Å². The summed E-state index contributed by atoms with van der Waals surface area (Å²) in [4.78, 5) is 2.49. The smallest absolute Gasteiger partial charge is 0.110 e. The Morgan fingerprint density at radius 2 is 2.00 bits per heavy atom. The van der Waals surface area contributed by atoms with Crippen LogP contribution in [0.1, 0.15) is 39.0 Å². The summed E-state index contributed by atoms with van der Waals surface area (Å²) in [5, 5.41) is 10.9. The summed E-state index contributed by atoms with van der Waals surface area (Å²) in [6, 6.07) is 1.06. The first-order valence-electron chi connectivity index (χ1n) is 6.69. The van der Waals surface area contributed by atoms with E-state index in [1.165, 1.54) is 25.7 Å². The molecule has 2 saturated heterocycles. The first-order chi connectivity index (χ1) is 7.63. The molecular formula is C13H23NO2. The van der Waals surface area contributed by atoms with Crippen LogP contribution in [0.5, 0.6) is 0 Å². The first kappa shape index (κ1) is 11.0. The van der Waals surface area contributed by atoms with Crippen LogP contribution in [-0.4, -0.2) is 47.4 Å². The van der Waals surface area contributed by atoms with Gasteiger partial charge in [0.15, 0.2) is 0 Å². The number of aliphatic hydroxyl groups is 1. The van der Waals surface area contributed by atoms with E-state index >= 15 is 0 Å². The van der Waals surface area contributed by atoms with Crippen LogP contribution >= 0.6 is 0 Å². The number of nitrogens with zero attached hydrogens (tertiary/aromatic N) is 1. The Kier molecular flexibility index (Phi) is 2.54. The van der Waals surface area contributed by atoms with Crippen molar-refractivity contribution >= 4 is 0 Å². The summed E-state index contributed by atoms with van der Waals surface area (Å²) >= 11 is 0. The largest absolute Gasteiger partial charge is 0.387 e. The summed E-state index contributed by atoms with van der Waals surface area (Å²) < 4.78 is 5.42. The predicted molar refractivity (Wildman–Crippen MR) is 62.3 cm³/mol. The van der Waals surface area contributed by atoms with Crippen LogP contribution < -0.4 is 0 Å². The molecule has 0 bridgehead atoms. The number of epoxide rings is 1. The van der Waals surface area contributed by atoms with Gasteiger partial charge < -0.3 is 14.7 Å². The molecule has 2 heterocycles. The van der Waals surface area contributed by atoms with Crippen molar-refractivity contribution in [2.45, 2.75) is 62.8 Å². The van der Waals surface area contributed by atoms with Crippen molar-refractivity contribution in [1.29, 1.82) is 0 Å². The van der Waals surface area contributed by atoms with Crippen LogP contribution in [0.4, 0.5) is 0 Å². The van der Waals surface area contributed by atoms with Gasteiger partial charge in [0.2, 0.25) is 0 Å². The third-order valence-corrected chi connectivity index (χ3v) is 5.10. The monoisotopic (exact) mass is 225 g/mol. The van der Waals surface area contributed by atoms with E-state index in [0.29, 0.717) is 18.0 Å². The van der Waals surface area contributed by atoms with Crippen molar-refractivity contribution in [2.24, 2.45) is 5.92 Å². The number of fused-ring (bicyclic) bond motifs is 1. The molecule has 0 aromatic rings. The fourth-order valence-corrected chi connectivity index (χ4v) is 3.98. The van der Waals surface area contributed by atoms with Crippen molar-refractivity contribution in [3.05, 3.63) is 0 Å². The topological polar surface area (TPSA) is 36.0 Å². The van der Waals surface area contributed by atoms with Gasteiger partial charge in [-0.25, -0.2) is 0 Å². The quantitative estimate of drug-likeness (QED) is 0.685. The van der Waals surface area contributed by atoms with E-state index < -0.39 is 5.60 Å². The highest BCUT2D eigenvalue weighted by Gasteiger charge is 2.57.